The van der Waals surface area contributed by atoms with Crippen molar-refractivity contribution in [2.45, 2.75) is 32.0 Å². The molecule has 1 saturated carbocycles. The van der Waals surface area contributed by atoms with Crippen LogP contribution in [0.4, 0.5) is 18.9 Å². The van der Waals surface area contributed by atoms with Gasteiger partial charge in [-0.15, -0.1) is 0 Å². The monoisotopic (exact) mass is 272 g/mol. The smallest absolute Gasteiger partial charge is 0.326 e. The molecule has 1 aliphatic carbocycles. The Labute approximate surface area is 109 Å². The fourth-order valence-electron chi connectivity index (χ4n) is 1.97. The normalized spacial score (nSPS) is 16.0. The summed E-state index contributed by atoms with van der Waals surface area (Å²) in [5.41, 5.74) is 4.68. The van der Waals surface area contributed by atoms with E-state index in [2.05, 4.69) is 5.32 Å². The van der Waals surface area contributed by atoms with E-state index in [9.17, 15) is 18.0 Å². The molecule has 0 atom stereocenters. The quantitative estimate of drug-likeness (QED) is 0.889. The van der Waals surface area contributed by atoms with Gasteiger partial charge in [-0.1, -0.05) is 12.5 Å². The first-order chi connectivity index (χ1) is 8.91. The zero-order valence-corrected chi connectivity index (χ0v) is 10.3. The van der Waals surface area contributed by atoms with E-state index in [0.29, 0.717) is 5.56 Å². The Hall–Kier alpha value is -1.56. The summed E-state index contributed by atoms with van der Waals surface area (Å²) in [6, 6.07) is 3.74. The number of halogens is 3. The van der Waals surface area contributed by atoms with Crippen LogP contribution >= 0.6 is 0 Å². The highest BCUT2D eigenvalue weighted by Gasteiger charge is 2.35. The van der Waals surface area contributed by atoms with E-state index in [4.69, 9.17) is 5.73 Å². The van der Waals surface area contributed by atoms with E-state index in [0.717, 1.165) is 25.3 Å². The molecule has 3 N–H and O–H groups in total. The number of carbonyl (C=O) groups excluding carboxylic acids is 1. The molecular formula is C13H15F3N2O. The van der Waals surface area contributed by atoms with Gasteiger partial charge in [0.25, 0.3) is 0 Å². The number of alkyl halides is 3. The summed E-state index contributed by atoms with van der Waals surface area (Å²) >= 11 is 0. The van der Waals surface area contributed by atoms with Gasteiger partial charge in [-0.2, -0.15) is 13.2 Å². The molecule has 1 fully saturated rings. The van der Waals surface area contributed by atoms with Crippen molar-refractivity contribution in [2.24, 2.45) is 11.7 Å². The van der Waals surface area contributed by atoms with Crippen LogP contribution in [0.3, 0.4) is 0 Å². The van der Waals surface area contributed by atoms with Crippen molar-refractivity contribution in [3.05, 3.63) is 29.3 Å². The molecule has 0 unspecified atom stereocenters. The SMILES string of the molecule is NCc1ccc(NC(=O)C2CCC2)c(C(F)(F)F)c1. The standard InChI is InChI=1S/C13H15F3N2O/c14-13(15,16)10-6-8(7-17)4-5-11(10)18-12(19)9-2-1-3-9/h4-6,9H,1-3,7,17H2,(H,18,19). The lowest BCUT2D eigenvalue weighted by Crippen LogP contribution is -2.29. The fraction of sp³-hybridized carbons (Fsp3) is 0.462. The van der Waals surface area contributed by atoms with Crippen molar-refractivity contribution < 1.29 is 18.0 Å². The predicted molar refractivity (Wildman–Crippen MR) is 65.3 cm³/mol. The molecule has 104 valence electrons. The van der Waals surface area contributed by atoms with Gasteiger partial charge in [0.15, 0.2) is 0 Å². The maximum Gasteiger partial charge on any atom is 0.418 e. The number of carbonyl (C=O) groups is 1. The Morgan fingerprint density at radius 2 is 2.05 bits per heavy atom. The average molecular weight is 272 g/mol. The number of hydrogen-bond donors (Lipinski definition) is 2. The van der Waals surface area contributed by atoms with Gasteiger partial charge in [-0.25, -0.2) is 0 Å². The van der Waals surface area contributed by atoms with Crippen LogP contribution in [0, 0.1) is 5.92 Å². The first kappa shape index (κ1) is 13.9. The van der Waals surface area contributed by atoms with Crippen molar-refractivity contribution >= 4 is 11.6 Å². The number of rotatable bonds is 3. The molecule has 1 aromatic rings. The van der Waals surface area contributed by atoms with Crippen LogP contribution in [0.2, 0.25) is 0 Å². The molecule has 0 aromatic heterocycles. The van der Waals surface area contributed by atoms with Gasteiger partial charge < -0.3 is 11.1 Å². The van der Waals surface area contributed by atoms with Crippen molar-refractivity contribution in [2.75, 3.05) is 5.32 Å². The van der Waals surface area contributed by atoms with Gasteiger partial charge in [-0.3, -0.25) is 4.79 Å². The van der Waals surface area contributed by atoms with Crippen LogP contribution in [0.15, 0.2) is 18.2 Å². The average Bonchev–Trinajstić information content (AvgIpc) is 2.25. The highest BCUT2D eigenvalue weighted by atomic mass is 19.4. The molecule has 1 aromatic carbocycles. The second kappa shape index (κ2) is 5.21. The second-order valence-corrected chi connectivity index (χ2v) is 4.70. The van der Waals surface area contributed by atoms with Crippen LogP contribution in [-0.2, 0) is 17.5 Å². The number of nitrogens with one attached hydrogen (secondary N) is 1. The summed E-state index contributed by atoms with van der Waals surface area (Å²) < 4.78 is 38.8. The Morgan fingerprint density at radius 1 is 1.37 bits per heavy atom. The van der Waals surface area contributed by atoms with Crippen LogP contribution in [0.5, 0.6) is 0 Å². The van der Waals surface area contributed by atoms with Crippen molar-refractivity contribution in [3.63, 3.8) is 0 Å². The Kier molecular flexibility index (Phi) is 3.80. The first-order valence-electron chi connectivity index (χ1n) is 6.13. The predicted octanol–water partition coefficient (Wildman–Crippen LogP) is 2.90. The van der Waals surface area contributed by atoms with Crippen molar-refractivity contribution in [3.8, 4) is 0 Å². The van der Waals surface area contributed by atoms with Crippen LogP contribution in [0.1, 0.15) is 30.4 Å². The van der Waals surface area contributed by atoms with Crippen LogP contribution in [-0.4, -0.2) is 5.91 Å². The van der Waals surface area contributed by atoms with E-state index in [1.165, 1.54) is 12.1 Å². The molecular weight excluding hydrogens is 257 g/mol. The third-order valence-corrected chi connectivity index (χ3v) is 3.36. The fourth-order valence-corrected chi connectivity index (χ4v) is 1.97. The minimum absolute atomic E-state index is 0.0277. The van der Waals surface area contributed by atoms with E-state index in [1.54, 1.807) is 0 Å². The number of amides is 1. The minimum atomic E-state index is -4.51. The number of nitrogens with two attached hydrogens (primary N) is 1. The van der Waals surface area contributed by atoms with Gasteiger partial charge in [0, 0.05) is 12.5 Å². The van der Waals surface area contributed by atoms with Gasteiger partial charge in [-0.05, 0) is 30.5 Å². The molecule has 19 heavy (non-hydrogen) atoms. The van der Waals surface area contributed by atoms with E-state index in [-0.39, 0.29) is 24.1 Å². The largest absolute Gasteiger partial charge is 0.418 e. The van der Waals surface area contributed by atoms with Crippen LogP contribution < -0.4 is 11.1 Å². The molecule has 0 radical (unpaired) electrons. The molecule has 1 amide bonds. The second-order valence-electron chi connectivity index (χ2n) is 4.70. The molecule has 0 aliphatic heterocycles. The van der Waals surface area contributed by atoms with Crippen LogP contribution in [0.25, 0.3) is 0 Å². The summed E-state index contributed by atoms with van der Waals surface area (Å²) in [5, 5.41) is 2.37. The summed E-state index contributed by atoms with van der Waals surface area (Å²) in [5.74, 6) is -0.493. The minimum Gasteiger partial charge on any atom is -0.326 e. The zero-order valence-electron chi connectivity index (χ0n) is 10.3. The highest BCUT2D eigenvalue weighted by molar-refractivity contribution is 5.93. The molecule has 1 aliphatic rings. The number of hydrogen-bond acceptors (Lipinski definition) is 2. The molecule has 3 nitrogen and oxygen atoms in total. The number of benzene rings is 1. The zero-order chi connectivity index (χ0) is 14.0. The van der Waals surface area contributed by atoms with E-state index >= 15 is 0 Å². The summed E-state index contributed by atoms with van der Waals surface area (Å²) in [6.45, 7) is 0.0277. The molecule has 0 spiro atoms. The lowest BCUT2D eigenvalue weighted by atomic mass is 9.84. The molecule has 2 rings (SSSR count). The summed E-state index contributed by atoms with van der Waals surface area (Å²) in [7, 11) is 0. The van der Waals surface area contributed by atoms with Crippen molar-refractivity contribution in [1.82, 2.24) is 0 Å². The molecule has 6 heteroatoms. The Morgan fingerprint density at radius 3 is 2.53 bits per heavy atom. The van der Waals surface area contributed by atoms with Gasteiger partial charge >= 0.3 is 6.18 Å². The van der Waals surface area contributed by atoms with Crippen molar-refractivity contribution in [1.29, 1.82) is 0 Å². The maximum absolute atomic E-state index is 12.9. The molecule has 0 saturated heterocycles. The summed E-state index contributed by atoms with van der Waals surface area (Å²) in [6.07, 6.45) is -2.06. The highest BCUT2D eigenvalue weighted by Crippen LogP contribution is 2.36. The van der Waals surface area contributed by atoms with Gasteiger partial charge in [0.1, 0.15) is 0 Å². The third kappa shape index (κ3) is 3.07. The topological polar surface area (TPSA) is 55.1 Å². The van der Waals surface area contributed by atoms with Gasteiger partial charge in [0.05, 0.1) is 11.3 Å². The van der Waals surface area contributed by atoms with Gasteiger partial charge in [0.2, 0.25) is 5.91 Å². The Bertz CT molecular complexity index is 481. The Balaban J connectivity index is 2.25. The molecule has 0 heterocycles. The van der Waals surface area contributed by atoms with E-state index < -0.39 is 11.7 Å². The summed E-state index contributed by atoms with van der Waals surface area (Å²) in [4.78, 5) is 11.7. The lowest BCUT2D eigenvalue weighted by Gasteiger charge is -2.25. The van der Waals surface area contributed by atoms with E-state index in [1.807, 2.05) is 0 Å². The lowest BCUT2D eigenvalue weighted by molar-refractivity contribution is -0.137. The first-order valence-corrected chi connectivity index (χ1v) is 6.13. The maximum atomic E-state index is 12.9. The third-order valence-electron chi connectivity index (χ3n) is 3.36. The number of anilines is 1. The molecule has 0 bridgehead atoms.